The van der Waals surface area contributed by atoms with Gasteiger partial charge >= 0.3 is 234 Å². The Morgan fingerprint density at radius 2 is 1.59 bits per heavy atom. The van der Waals surface area contributed by atoms with Crippen molar-refractivity contribution in [2.75, 3.05) is 4.72 Å². The fourth-order valence-electron chi connectivity index (χ4n) is 4.24. The van der Waals surface area contributed by atoms with E-state index in [4.69, 9.17) is 21.7 Å². The van der Waals surface area contributed by atoms with Gasteiger partial charge in [0.25, 0.3) is 0 Å². The number of H-pyrrole nitrogens is 1. The summed E-state index contributed by atoms with van der Waals surface area (Å²) in [6, 6.07) is 17.9. The molecule has 0 aliphatic carbocycles. The molecule has 44 heavy (non-hydrogen) atoms. The zero-order valence-electron chi connectivity index (χ0n) is 21.7. The van der Waals surface area contributed by atoms with Crippen molar-refractivity contribution in [2.24, 2.45) is 0 Å². The topological polar surface area (TPSA) is 114 Å². The number of tetrazole rings is 1. The van der Waals surface area contributed by atoms with E-state index < -0.39 is 51.2 Å². The number of hydrogen-bond donors (Lipinski definition) is 3. The molecule has 18 heteroatoms. The monoisotopic (exact) mass is 733 g/mol. The van der Waals surface area contributed by atoms with E-state index in [1.807, 2.05) is 0 Å². The average molecular weight is 733 g/mol. The molecule has 4 aromatic carbocycles. The van der Waals surface area contributed by atoms with Crippen molar-refractivity contribution in [1.82, 2.24) is 20.2 Å². The number of anilines is 1. The van der Waals surface area contributed by atoms with Crippen LogP contribution in [0.3, 0.4) is 0 Å². The molecule has 228 valence electrons. The van der Waals surface area contributed by atoms with Crippen LogP contribution in [0.15, 0.2) is 72.8 Å². The zero-order chi connectivity index (χ0) is 31.6. The number of nitrogens with one attached hydrogen (secondary N) is 2. The number of aromatic nitrogens is 4. The third-order valence-corrected chi connectivity index (χ3v) is 14.0. The number of nitrogens with zero attached hydrogens (tertiary/aromatic N) is 3. The molecule has 0 saturated carbocycles. The Hall–Kier alpha value is -3.56. The van der Waals surface area contributed by atoms with Crippen molar-refractivity contribution < 1.29 is 40.5 Å². The second-order valence-electron chi connectivity index (χ2n) is 8.86. The fourth-order valence-corrected chi connectivity index (χ4v) is 10.3. The van der Waals surface area contributed by atoms with Crippen LogP contribution in [0, 0.1) is 33.9 Å². The summed E-state index contributed by atoms with van der Waals surface area (Å²) in [7, 11) is 0. The molecule has 1 aromatic heterocycles. The number of rotatable bonds is 10. The third-order valence-electron chi connectivity index (χ3n) is 6.11. The molecular formula is C26H17F5N5O4PS2Se. The Morgan fingerprint density at radius 1 is 0.932 bits per heavy atom. The van der Waals surface area contributed by atoms with Gasteiger partial charge in [-0.1, -0.05) is 10.3 Å². The van der Waals surface area contributed by atoms with Gasteiger partial charge in [-0.05, 0) is 12.2 Å². The first-order valence-electron chi connectivity index (χ1n) is 12.1. The summed E-state index contributed by atoms with van der Waals surface area (Å²) in [4.78, 5) is 4.21. The molecule has 0 saturated heterocycles. The van der Waals surface area contributed by atoms with Crippen LogP contribution >= 0.6 is 17.7 Å². The van der Waals surface area contributed by atoms with Gasteiger partial charge in [0, 0.05) is 0 Å². The van der Waals surface area contributed by atoms with Crippen molar-refractivity contribution in [1.29, 1.82) is 0 Å². The summed E-state index contributed by atoms with van der Waals surface area (Å²) in [5.41, 5.74) is -2.58. The van der Waals surface area contributed by atoms with E-state index in [9.17, 15) is 17.4 Å². The van der Waals surface area contributed by atoms with E-state index in [0.29, 0.717) is 11.3 Å². The second kappa shape index (κ2) is 13.2. The van der Waals surface area contributed by atoms with Gasteiger partial charge in [0.1, 0.15) is 0 Å². The first-order valence-corrected chi connectivity index (χ1v) is 17.6. The third kappa shape index (κ3) is 6.17. The fraction of sp³-hybridized carbons (Fsp3) is 0.0385. The van der Waals surface area contributed by atoms with E-state index in [2.05, 4.69) is 40.2 Å². The maximum absolute atomic E-state index is 15.2. The molecule has 1 heterocycles. The van der Waals surface area contributed by atoms with Crippen LogP contribution in [-0.4, -0.2) is 44.8 Å². The molecule has 0 bridgehead atoms. The molecule has 9 nitrogen and oxygen atoms in total. The van der Waals surface area contributed by atoms with Gasteiger partial charge in [0.05, 0.1) is 0 Å². The van der Waals surface area contributed by atoms with E-state index in [-0.39, 0.29) is 33.4 Å². The predicted octanol–water partition coefficient (Wildman–Crippen LogP) is 4.46. The molecule has 2 atom stereocenters. The van der Waals surface area contributed by atoms with Gasteiger partial charge in [0.2, 0.25) is 0 Å². The van der Waals surface area contributed by atoms with Crippen LogP contribution in [0.2, 0.25) is 0 Å². The van der Waals surface area contributed by atoms with Gasteiger partial charge in [-0.25, -0.2) is 0 Å². The van der Waals surface area contributed by atoms with Crippen molar-refractivity contribution >= 4 is 65.7 Å². The minimum atomic E-state index is -3.65. The molecule has 0 radical (unpaired) electrons. The van der Waals surface area contributed by atoms with E-state index in [0.717, 1.165) is 0 Å². The Morgan fingerprint density at radius 3 is 2.23 bits per heavy atom. The molecule has 0 aliphatic rings. The van der Waals surface area contributed by atoms with E-state index in [1.54, 1.807) is 24.3 Å². The van der Waals surface area contributed by atoms with Crippen LogP contribution in [-0.2, 0) is 22.8 Å². The summed E-state index contributed by atoms with van der Waals surface area (Å²) in [5, 5.41) is 18.2. The van der Waals surface area contributed by atoms with Crippen LogP contribution < -0.4 is 24.8 Å². The second-order valence-corrected chi connectivity index (χ2v) is 16.2. The minimum absolute atomic E-state index is 0.0529. The molecule has 0 aliphatic heterocycles. The Kier molecular flexibility index (Phi) is 9.56. The van der Waals surface area contributed by atoms with E-state index in [1.165, 1.54) is 53.2 Å². The van der Waals surface area contributed by atoms with Gasteiger partial charge in [0.15, 0.2) is 0 Å². The SMILES string of the molecule is O=S(Nc1cc(COO)cc(-n2[nH]nnc2=S)c1)Oc1cccc(P(=[Se])(c2ccccc2)c2c(F)c(F)c(F)c(F)c2F)c1. The Balaban J connectivity index is 1.52. The van der Waals surface area contributed by atoms with Crippen LogP contribution in [0.1, 0.15) is 5.56 Å². The standard InChI is InChI=1S/C26H17F5N5O4PS2Se/c27-20-21(28)23(30)25(24(31)22(20)29)41(44,18-6-2-1-3-7-18)19-8-4-5-17(12-19)40-43(38)33-15-9-14(13-39-37)10-16(11-15)36-26(42)32-34-35-36/h1-12,33,37H,13H2,(H,32,35,42). The number of aromatic amines is 1. The molecule has 0 fully saturated rings. The van der Waals surface area contributed by atoms with Crippen molar-refractivity contribution in [3.05, 3.63) is 112 Å². The predicted molar refractivity (Wildman–Crippen MR) is 157 cm³/mol. The molecule has 3 N–H and O–H groups in total. The summed E-state index contributed by atoms with van der Waals surface area (Å²) in [6.07, 6.45) is 0. The Labute approximate surface area is 260 Å². The Bertz CT molecular complexity index is 1970. The summed E-state index contributed by atoms with van der Waals surface area (Å²) < 4.78 is 95.7. The molecule has 2 unspecified atom stereocenters. The number of benzene rings is 4. The first kappa shape index (κ1) is 31.9. The zero-order valence-corrected chi connectivity index (χ0v) is 26.0. The molecule has 0 spiro atoms. The summed E-state index contributed by atoms with van der Waals surface area (Å²) >= 11 is 5.55. The van der Waals surface area contributed by atoms with Crippen molar-refractivity contribution in [3.63, 3.8) is 0 Å². The molecule has 5 aromatic rings. The first-order chi connectivity index (χ1) is 21.0. The van der Waals surface area contributed by atoms with Gasteiger partial charge < -0.3 is 0 Å². The number of hydrogen-bond acceptors (Lipinski definition) is 7. The summed E-state index contributed by atoms with van der Waals surface area (Å²) in [5.74, 6) is -10.4. The van der Waals surface area contributed by atoms with Crippen molar-refractivity contribution in [2.45, 2.75) is 6.61 Å². The van der Waals surface area contributed by atoms with Crippen LogP contribution in [0.25, 0.3) is 5.69 Å². The van der Waals surface area contributed by atoms with Gasteiger partial charge in [-0.2, -0.15) is 0 Å². The molecule has 5 rings (SSSR count). The van der Waals surface area contributed by atoms with E-state index >= 15 is 8.78 Å². The normalized spacial score (nSPS) is 13.3. The summed E-state index contributed by atoms with van der Waals surface area (Å²) in [6.45, 7) is -0.233. The van der Waals surface area contributed by atoms with Crippen LogP contribution in [0.5, 0.6) is 5.75 Å². The van der Waals surface area contributed by atoms with Crippen LogP contribution in [0.4, 0.5) is 27.6 Å². The van der Waals surface area contributed by atoms with Crippen molar-refractivity contribution in [3.8, 4) is 11.4 Å². The maximum atomic E-state index is 15.2. The van der Waals surface area contributed by atoms with Gasteiger partial charge in [-0.3, -0.25) is 5.26 Å². The molecular weight excluding hydrogens is 715 g/mol. The quantitative estimate of drug-likeness (QED) is 0.0284. The molecule has 0 amide bonds. The van der Waals surface area contributed by atoms with Gasteiger partial charge in [-0.15, -0.1) is 0 Å². The average Bonchev–Trinajstić information content (AvgIpc) is 3.45. The number of halogens is 5.